The molecule has 2 aromatic carbocycles. The van der Waals surface area contributed by atoms with Gasteiger partial charge in [-0.25, -0.2) is 4.68 Å². The number of pyridine rings is 1. The third-order valence-corrected chi connectivity index (χ3v) is 5.50. The molecule has 4 aromatic rings. The van der Waals surface area contributed by atoms with Crippen LogP contribution in [0.5, 0.6) is 5.88 Å². The number of rotatable bonds is 7. The first-order valence-electron chi connectivity index (χ1n) is 11.0. The second-order valence-corrected chi connectivity index (χ2v) is 7.90. The molecular weight excluding hydrogens is 400 g/mol. The lowest BCUT2D eigenvalue weighted by atomic mass is 10.1. The Labute approximate surface area is 188 Å². The average molecular weight is 429 g/mol. The molecule has 4 rings (SSSR count). The summed E-state index contributed by atoms with van der Waals surface area (Å²) in [6.07, 6.45) is 1.73. The molecule has 0 bridgehead atoms. The number of fused-ring (bicyclic) bond motifs is 1. The molecule has 0 unspecified atom stereocenters. The zero-order valence-electron chi connectivity index (χ0n) is 19.0. The molecule has 2 aromatic heterocycles. The van der Waals surface area contributed by atoms with Gasteiger partial charge in [0.25, 0.3) is 5.91 Å². The van der Waals surface area contributed by atoms with Crippen molar-refractivity contribution in [2.24, 2.45) is 0 Å². The molecule has 0 fully saturated rings. The number of nitrogens with one attached hydrogen (secondary N) is 1. The van der Waals surface area contributed by atoms with Gasteiger partial charge in [-0.1, -0.05) is 43.7 Å². The summed E-state index contributed by atoms with van der Waals surface area (Å²) in [5, 5.41) is 8.65. The zero-order chi connectivity index (χ0) is 22.7. The van der Waals surface area contributed by atoms with E-state index in [1.165, 1.54) is 11.1 Å². The highest BCUT2D eigenvalue weighted by Crippen LogP contribution is 2.27. The summed E-state index contributed by atoms with van der Waals surface area (Å²) in [6, 6.07) is 17.9. The molecule has 164 valence electrons. The first-order chi connectivity index (χ1) is 15.5. The van der Waals surface area contributed by atoms with Crippen LogP contribution in [0.4, 0.5) is 5.69 Å². The maximum absolute atomic E-state index is 12.4. The van der Waals surface area contributed by atoms with Gasteiger partial charge in [-0.15, -0.1) is 0 Å². The number of hydrogen-bond acceptors (Lipinski definition) is 4. The number of hydrogen-bond donors (Lipinski definition) is 1. The summed E-state index contributed by atoms with van der Waals surface area (Å²) in [4.78, 5) is 17.2. The molecule has 6 nitrogen and oxygen atoms in total. The molecule has 0 atom stereocenters. The van der Waals surface area contributed by atoms with E-state index in [2.05, 4.69) is 38.2 Å². The monoisotopic (exact) mass is 428 g/mol. The summed E-state index contributed by atoms with van der Waals surface area (Å²) >= 11 is 0. The number of aryl methyl sites for hydroxylation is 4. The molecule has 6 heteroatoms. The third-order valence-electron chi connectivity index (χ3n) is 5.50. The molecule has 1 amide bonds. The van der Waals surface area contributed by atoms with Crippen LogP contribution >= 0.6 is 0 Å². The van der Waals surface area contributed by atoms with E-state index in [4.69, 9.17) is 14.8 Å². The highest BCUT2D eigenvalue weighted by molar-refractivity contribution is 5.92. The normalized spacial score (nSPS) is 11.0. The van der Waals surface area contributed by atoms with Crippen LogP contribution in [0.3, 0.4) is 0 Å². The van der Waals surface area contributed by atoms with Crippen molar-refractivity contribution >= 4 is 22.6 Å². The Morgan fingerprint density at radius 1 is 1.03 bits per heavy atom. The van der Waals surface area contributed by atoms with E-state index in [0.717, 1.165) is 46.5 Å². The van der Waals surface area contributed by atoms with Crippen LogP contribution in [0.2, 0.25) is 0 Å². The molecule has 0 radical (unpaired) electrons. The topological polar surface area (TPSA) is 69.0 Å². The van der Waals surface area contributed by atoms with Crippen molar-refractivity contribution in [3.05, 3.63) is 77.0 Å². The second-order valence-electron chi connectivity index (χ2n) is 7.90. The standard InChI is InChI=1S/C26H28N4O2/c1-5-19-8-7-9-21(14-19)27-23(31)16-32-24-15-20(6-2)25-18(4)29-30(26(25)28-24)22-12-10-17(3)11-13-22/h7-15H,5-6,16H2,1-4H3,(H,27,31). The van der Waals surface area contributed by atoms with Crippen molar-refractivity contribution in [2.45, 2.75) is 40.5 Å². The Morgan fingerprint density at radius 3 is 2.53 bits per heavy atom. The van der Waals surface area contributed by atoms with Crippen LogP contribution in [-0.4, -0.2) is 27.3 Å². The molecule has 2 heterocycles. The molecule has 1 N–H and O–H groups in total. The predicted octanol–water partition coefficient (Wildman–Crippen LogP) is 5.18. The second kappa shape index (κ2) is 9.22. The summed E-state index contributed by atoms with van der Waals surface area (Å²) in [7, 11) is 0. The highest BCUT2D eigenvalue weighted by atomic mass is 16.5. The summed E-state index contributed by atoms with van der Waals surface area (Å²) in [5.74, 6) is 0.196. The third kappa shape index (κ3) is 4.49. The Morgan fingerprint density at radius 2 is 1.81 bits per heavy atom. The maximum atomic E-state index is 12.4. The van der Waals surface area contributed by atoms with E-state index in [-0.39, 0.29) is 12.5 Å². The number of nitrogens with zero attached hydrogens (tertiary/aromatic N) is 3. The van der Waals surface area contributed by atoms with E-state index in [1.54, 1.807) is 0 Å². The van der Waals surface area contributed by atoms with Gasteiger partial charge in [0.2, 0.25) is 5.88 Å². The molecule has 0 saturated carbocycles. The first kappa shape index (κ1) is 21.6. The summed E-state index contributed by atoms with van der Waals surface area (Å²) in [6.45, 7) is 8.11. The van der Waals surface area contributed by atoms with Crippen molar-refractivity contribution in [2.75, 3.05) is 11.9 Å². The van der Waals surface area contributed by atoms with Gasteiger partial charge in [0, 0.05) is 17.1 Å². The van der Waals surface area contributed by atoms with Crippen molar-refractivity contribution in [3.63, 3.8) is 0 Å². The van der Waals surface area contributed by atoms with Gasteiger partial charge in [-0.3, -0.25) is 4.79 Å². The Kier molecular flexibility index (Phi) is 6.21. The van der Waals surface area contributed by atoms with Crippen molar-refractivity contribution in [1.29, 1.82) is 0 Å². The first-order valence-corrected chi connectivity index (χ1v) is 11.0. The van der Waals surface area contributed by atoms with Gasteiger partial charge in [0.1, 0.15) is 0 Å². The number of aromatic nitrogens is 3. The zero-order valence-corrected chi connectivity index (χ0v) is 19.0. The van der Waals surface area contributed by atoms with Gasteiger partial charge in [-0.05, 0) is 62.1 Å². The SMILES string of the molecule is CCc1cccc(NC(=O)COc2cc(CC)c3c(C)nn(-c4ccc(C)cc4)c3n2)c1. The van der Waals surface area contributed by atoms with Crippen molar-refractivity contribution in [3.8, 4) is 11.6 Å². The molecule has 32 heavy (non-hydrogen) atoms. The lowest BCUT2D eigenvalue weighted by Gasteiger charge is -2.10. The van der Waals surface area contributed by atoms with Crippen LogP contribution in [0.15, 0.2) is 54.6 Å². The van der Waals surface area contributed by atoms with E-state index in [1.807, 2.05) is 54.1 Å². The molecular formula is C26H28N4O2. The quantitative estimate of drug-likeness (QED) is 0.440. The van der Waals surface area contributed by atoms with Crippen molar-refractivity contribution in [1.82, 2.24) is 14.8 Å². The Balaban J connectivity index is 1.59. The minimum Gasteiger partial charge on any atom is -0.467 e. The molecule has 0 aliphatic rings. The maximum Gasteiger partial charge on any atom is 0.262 e. The van der Waals surface area contributed by atoms with Crippen LogP contribution in [0.25, 0.3) is 16.7 Å². The minimum absolute atomic E-state index is 0.115. The number of amides is 1. The lowest BCUT2D eigenvalue weighted by Crippen LogP contribution is -2.20. The van der Waals surface area contributed by atoms with Crippen LogP contribution in [0.1, 0.15) is 36.2 Å². The lowest BCUT2D eigenvalue weighted by molar-refractivity contribution is -0.118. The van der Waals surface area contributed by atoms with E-state index >= 15 is 0 Å². The van der Waals surface area contributed by atoms with Crippen molar-refractivity contribution < 1.29 is 9.53 Å². The molecule has 0 spiro atoms. The number of carbonyl (C=O) groups is 1. The molecule has 0 aliphatic heterocycles. The summed E-state index contributed by atoms with van der Waals surface area (Å²) in [5.41, 5.74) is 6.81. The van der Waals surface area contributed by atoms with Crippen LogP contribution in [0, 0.1) is 13.8 Å². The minimum atomic E-state index is -0.221. The molecule has 0 saturated heterocycles. The Bertz CT molecular complexity index is 1260. The largest absolute Gasteiger partial charge is 0.467 e. The number of ether oxygens (including phenoxy) is 1. The fraction of sp³-hybridized carbons (Fsp3) is 0.269. The fourth-order valence-electron chi connectivity index (χ4n) is 3.78. The predicted molar refractivity (Wildman–Crippen MR) is 128 cm³/mol. The van der Waals surface area contributed by atoms with E-state index < -0.39 is 0 Å². The fourth-order valence-corrected chi connectivity index (χ4v) is 3.78. The van der Waals surface area contributed by atoms with Gasteiger partial charge < -0.3 is 10.1 Å². The Hall–Kier alpha value is -3.67. The number of carbonyl (C=O) groups excluding carboxylic acids is 1. The van der Waals surface area contributed by atoms with Crippen LogP contribution < -0.4 is 10.1 Å². The van der Waals surface area contributed by atoms with Gasteiger partial charge in [-0.2, -0.15) is 10.1 Å². The summed E-state index contributed by atoms with van der Waals surface area (Å²) < 4.78 is 7.64. The van der Waals surface area contributed by atoms with Crippen LogP contribution in [-0.2, 0) is 17.6 Å². The number of anilines is 1. The smallest absolute Gasteiger partial charge is 0.262 e. The van der Waals surface area contributed by atoms with E-state index in [9.17, 15) is 4.79 Å². The van der Waals surface area contributed by atoms with Gasteiger partial charge in [0.05, 0.1) is 11.4 Å². The van der Waals surface area contributed by atoms with Gasteiger partial charge >= 0.3 is 0 Å². The van der Waals surface area contributed by atoms with Gasteiger partial charge in [0.15, 0.2) is 12.3 Å². The van der Waals surface area contributed by atoms with E-state index in [0.29, 0.717) is 5.88 Å². The highest BCUT2D eigenvalue weighted by Gasteiger charge is 2.16. The molecule has 0 aliphatic carbocycles. The average Bonchev–Trinajstić information content (AvgIpc) is 3.14. The number of benzene rings is 2.